The third kappa shape index (κ3) is 1.72. The van der Waals surface area contributed by atoms with Crippen LogP contribution in [0.25, 0.3) is 11.3 Å². The Morgan fingerprint density at radius 2 is 2.06 bits per heavy atom. The Labute approximate surface area is 103 Å². The van der Waals surface area contributed by atoms with E-state index in [-0.39, 0.29) is 0 Å². The second kappa shape index (κ2) is 3.92. The van der Waals surface area contributed by atoms with Gasteiger partial charge < -0.3 is 14.8 Å². The van der Waals surface area contributed by atoms with Crippen molar-refractivity contribution in [1.29, 1.82) is 0 Å². The smallest absolute Gasteiger partial charge is 0.231 e. The fraction of sp³-hybridized carbons (Fsp3) is 0.250. The van der Waals surface area contributed by atoms with Crippen LogP contribution >= 0.6 is 11.3 Å². The van der Waals surface area contributed by atoms with Crippen LogP contribution in [-0.2, 0) is 0 Å². The van der Waals surface area contributed by atoms with Crippen molar-refractivity contribution >= 4 is 16.5 Å². The fourth-order valence-corrected chi connectivity index (χ4v) is 2.50. The van der Waals surface area contributed by atoms with Crippen molar-refractivity contribution in [3.63, 3.8) is 0 Å². The largest absolute Gasteiger partial charge is 0.454 e. The molecule has 0 aliphatic carbocycles. The highest BCUT2D eigenvalue weighted by Crippen LogP contribution is 2.38. The van der Waals surface area contributed by atoms with E-state index in [0.717, 1.165) is 33.5 Å². The number of aromatic nitrogens is 1. The topological polar surface area (TPSA) is 43.4 Å². The quantitative estimate of drug-likeness (QED) is 0.887. The maximum atomic E-state index is 5.39. The van der Waals surface area contributed by atoms with Gasteiger partial charge in [0.15, 0.2) is 16.6 Å². The third-order valence-electron chi connectivity index (χ3n) is 2.71. The molecule has 2 heterocycles. The SMILES string of the molecule is CNc1nc(-c2cc3c(cc2C)OCO3)cs1. The molecule has 5 heteroatoms. The van der Waals surface area contributed by atoms with E-state index in [1.807, 2.05) is 24.6 Å². The van der Waals surface area contributed by atoms with E-state index in [9.17, 15) is 0 Å². The Balaban J connectivity index is 2.08. The number of anilines is 1. The number of thiazole rings is 1. The molecule has 17 heavy (non-hydrogen) atoms. The molecule has 0 fully saturated rings. The number of benzene rings is 1. The molecule has 3 rings (SSSR count). The van der Waals surface area contributed by atoms with Crippen LogP contribution < -0.4 is 14.8 Å². The Morgan fingerprint density at radius 1 is 1.29 bits per heavy atom. The maximum Gasteiger partial charge on any atom is 0.231 e. The highest BCUT2D eigenvalue weighted by molar-refractivity contribution is 7.14. The molecule has 0 saturated carbocycles. The number of nitrogens with one attached hydrogen (secondary N) is 1. The van der Waals surface area contributed by atoms with Gasteiger partial charge in [-0.1, -0.05) is 0 Å². The molecule has 0 bridgehead atoms. The summed E-state index contributed by atoms with van der Waals surface area (Å²) >= 11 is 1.59. The van der Waals surface area contributed by atoms with Crippen LogP contribution in [0.15, 0.2) is 17.5 Å². The van der Waals surface area contributed by atoms with Crippen molar-refractivity contribution in [2.75, 3.05) is 19.2 Å². The molecule has 1 N–H and O–H groups in total. The van der Waals surface area contributed by atoms with E-state index in [0.29, 0.717) is 6.79 Å². The van der Waals surface area contributed by atoms with Crippen molar-refractivity contribution < 1.29 is 9.47 Å². The summed E-state index contributed by atoms with van der Waals surface area (Å²) in [5, 5.41) is 5.99. The van der Waals surface area contributed by atoms with Gasteiger partial charge in [-0.05, 0) is 24.6 Å². The molecule has 1 aliphatic rings. The second-order valence-electron chi connectivity index (χ2n) is 3.81. The standard InChI is InChI=1S/C12H12N2O2S/c1-7-3-10-11(16-6-15-10)4-8(7)9-5-17-12(13-2)14-9/h3-5H,6H2,1-2H3,(H,13,14). The monoisotopic (exact) mass is 248 g/mol. The number of fused-ring (bicyclic) bond motifs is 1. The zero-order valence-electron chi connectivity index (χ0n) is 9.61. The highest BCUT2D eigenvalue weighted by atomic mass is 32.1. The van der Waals surface area contributed by atoms with Crippen LogP contribution in [0.4, 0.5) is 5.13 Å². The van der Waals surface area contributed by atoms with Gasteiger partial charge in [0.25, 0.3) is 0 Å². The minimum absolute atomic E-state index is 0.303. The molecule has 0 amide bonds. The molecule has 0 unspecified atom stereocenters. The van der Waals surface area contributed by atoms with Crippen LogP contribution in [0.1, 0.15) is 5.56 Å². The van der Waals surface area contributed by atoms with Gasteiger partial charge >= 0.3 is 0 Å². The molecule has 0 atom stereocenters. The first-order valence-corrected chi connectivity index (χ1v) is 6.20. The second-order valence-corrected chi connectivity index (χ2v) is 4.67. The van der Waals surface area contributed by atoms with Gasteiger partial charge in [-0.15, -0.1) is 11.3 Å². The Bertz CT molecular complexity index is 566. The van der Waals surface area contributed by atoms with Gasteiger partial charge in [-0.25, -0.2) is 4.98 Å². The van der Waals surface area contributed by atoms with Gasteiger partial charge in [-0.2, -0.15) is 0 Å². The van der Waals surface area contributed by atoms with Gasteiger partial charge in [-0.3, -0.25) is 0 Å². The molecule has 88 valence electrons. The first kappa shape index (κ1) is 10.4. The zero-order valence-corrected chi connectivity index (χ0v) is 10.4. The lowest BCUT2D eigenvalue weighted by molar-refractivity contribution is 0.174. The first-order valence-electron chi connectivity index (χ1n) is 5.32. The maximum absolute atomic E-state index is 5.39. The highest BCUT2D eigenvalue weighted by Gasteiger charge is 2.17. The summed E-state index contributed by atoms with van der Waals surface area (Å²) in [6, 6.07) is 3.99. The molecule has 4 nitrogen and oxygen atoms in total. The van der Waals surface area contributed by atoms with Gasteiger partial charge in [0.1, 0.15) is 0 Å². The molecule has 1 aliphatic heterocycles. The Kier molecular flexibility index (Phi) is 2.40. The predicted molar refractivity (Wildman–Crippen MR) is 68.0 cm³/mol. The van der Waals surface area contributed by atoms with Gasteiger partial charge in [0.2, 0.25) is 6.79 Å². The lowest BCUT2D eigenvalue weighted by atomic mass is 10.1. The summed E-state index contributed by atoms with van der Waals surface area (Å²) in [4.78, 5) is 4.50. The van der Waals surface area contributed by atoms with Crippen LogP contribution in [0, 0.1) is 6.92 Å². The van der Waals surface area contributed by atoms with E-state index in [4.69, 9.17) is 9.47 Å². The minimum Gasteiger partial charge on any atom is -0.454 e. The fourth-order valence-electron chi connectivity index (χ4n) is 1.83. The third-order valence-corrected chi connectivity index (χ3v) is 3.57. The molecule has 0 spiro atoms. The van der Waals surface area contributed by atoms with Crippen molar-refractivity contribution in [1.82, 2.24) is 4.98 Å². The van der Waals surface area contributed by atoms with E-state index in [1.54, 1.807) is 11.3 Å². The average Bonchev–Trinajstić information content (AvgIpc) is 2.94. The summed E-state index contributed by atoms with van der Waals surface area (Å²) in [6.45, 7) is 2.35. The number of rotatable bonds is 2. The summed E-state index contributed by atoms with van der Waals surface area (Å²) in [6.07, 6.45) is 0. The van der Waals surface area contributed by atoms with E-state index in [2.05, 4.69) is 17.2 Å². The molecule has 1 aromatic carbocycles. The molecule has 1 aromatic heterocycles. The molecular formula is C12H12N2O2S. The van der Waals surface area contributed by atoms with E-state index >= 15 is 0 Å². The average molecular weight is 248 g/mol. The summed E-state index contributed by atoms with van der Waals surface area (Å²) < 4.78 is 10.7. The van der Waals surface area contributed by atoms with Crippen molar-refractivity contribution in [2.45, 2.75) is 6.92 Å². The number of ether oxygens (including phenoxy) is 2. The minimum atomic E-state index is 0.303. The lowest BCUT2D eigenvalue weighted by Gasteiger charge is -2.04. The van der Waals surface area contributed by atoms with Crippen LogP contribution in [0.5, 0.6) is 11.5 Å². The van der Waals surface area contributed by atoms with E-state index in [1.165, 1.54) is 0 Å². The molecule has 0 saturated heterocycles. The van der Waals surface area contributed by atoms with Crippen molar-refractivity contribution in [2.24, 2.45) is 0 Å². The normalized spacial score (nSPS) is 12.8. The van der Waals surface area contributed by atoms with Crippen LogP contribution in [-0.4, -0.2) is 18.8 Å². The lowest BCUT2D eigenvalue weighted by Crippen LogP contribution is -1.92. The number of aryl methyl sites for hydroxylation is 1. The summed E-state index contributed by atoms with van der Waals surface area (Å²) in [5.41, 5.74) is 3.20. The Hall–Kier alpha value is -1.75. The van der Waals surface area contributed by atoms with Crippen molar-refractivity contribution in [3.8, 4) is 22.8 Å². The van der Waals surface area contributed by atoms with Gasteiger partial charge in [0, 0.05) is 18.0 Å². The van der Waals surface area contributed by atoms with Gasteiger partial charge in [0.05, 0.1) is 5.69 Å². The first-order chi connectivity index (χ1) is 8.28. The predicted octanol–water partition coefficient (Wildman–Crippen LogP) is 2.89. The number of nitrogens with zero attached hydrogens (tertiary/aromatic N) is 1. The zero-order chi connectivity index (χ0) is 11.8. The van der Waals surface area contributed by atoms with E-state index < -0.39 is 0 Å². The molecule has 2 aromatic rings. The Morgan fingerprint density at radius 3 is 2.76 bits per heavy atom. The number of hydrogen-bond acceptors (Lipinski definition) is 5. The number of hydrogen-bond donors (Lipinski definition) is 1. The van der Waals surface area contributed by atoms with Crippen LogP contribution in [0.3, 0.4) is 0 Å². The van der Waals surface area contributed by atoms with Crippen LogP contribution in [0.2, 0.25) is 0 Å². The summed E-state index contributed by atoms with van der Waals surface area (Å²) in [7, 11) is 1.87. The van der Waals surface area contributed by atoms with Crippen molar-refractivity contribution in [3.05, 3.63) is 23.1 Å². The summed E-state index contributed by atoms with van der Waals surface area (Å²) in [5.74, 6) is 1.61. The molecule has 0 radical (unpaired) electrons. The molecular weight excluding hydrogens is 236 g/mol.